The van der Waals surface area contributed by atoms with Crippen LogP contribution < -0.4 is 0 Å². The van der Waals surface area contributed by atoms with Gasteiger partial charge >= 0.3 is 18.1 Å². The second-order valence-electron chi connectivity index (χ2n) is 16.9. The van der Waals surface area contributed by atoms with Gasteiger partial charge in [0.15, 0.2) is 6.29 Å². The second-order valence-corrected chi connectivity index (χ2v) is 16.9. The largest absolute Gasteiger partial charge is 0.508 e. The minimum Gasteiger partial charge on any atom is -0.465 e. The number of carbonyl (C=O) groups is 3. The first-order valence-electron chi connectivity index (χ1n) is 25.2. The van der Waals surface area contributed by atoms with Crippen LogP contribution in [0, 0.1) is 35.5 Å². The fraction of sp³-hybridized carbons (Fsp3) is 0.792. The van der Waals surface area contributed by atoms with E-state index in [1.165, 1.54) is 64.2 Å². The van der Waals surface area contributed by atoms with E-state index in [2.05, 4.69) is 80.6 Å². The van der Waals surface area contributed by atoms with Crippen molar-refractivity contribution in [3.8, 4) is 23.7 Å². The number of rotatable bonds is 38. The van der Waals surface area contributed by atoms with Crippen molar-refractivity contribution in [2.24, 2.45) is 11.8 Å². The number of likely N-dealkylation sites (tertiary alicyclic amines) is 1. The van der Waals surface area contributed by atoms with Crippen molar-refractivity contribution in [1.29, 1.82) is 0 Å². The molecule has 2 unspecified atom stereocenters. The molecule has 10 heteroatoms. The van der Waals surface area contributed by atoms with Crippen LogP contribution in [0.15, 0.2) is 24.3 Å². The third-order valence-corrected chi connectivity index (χ3v) is 11.0. The third-order valence-electron chi connectivity index (χ3n) is 11.0. The molecule has 1 rings (SSSR count). The van der Waals surface area contributed by atoms with E-state index in [-0.39, 0.29) is 64.4 Å². The molecule has 0 amide bonds. The molecule has 63 heavy (non-hydrogen) atoms. The smallest absolute Gasteiger partial charge is 0.465 e. The van der Waals surface area contributed by atoms with Crippen LogP contribution in [0.1, 0.15) is 195 Å². The summed E-state index contributed by atoms with van der Waals surface area (Å²) < 4.78 is 33.9. The summed E-state index contributed by atoms with van der Waals surface area (Å²) in [6.07, 6.45) is 33.4. The van der Waals surface area contributed by atoms with Crippen LogP contribution in [0.4, 0.5) is 4.79 Å². The van der Waals surface area contributed by atoms with Crippen LogP contribution in [0.2, 0.25) is 0 Å². The van der Waals surface area contributed by atoms with Crippen LogP contribution in [0.5, 0.6) is 0 Å². The van der Waals surface area contributed by atoms with Crippen LogP contribution in [0.25, 0.3) is 0 Å². The number of unbranched alkanes of at least 4 members (excludes halogenated alkanes) is 16. The number of nitrogens with zero attached hydrogens (tertiary/aromatic N) is 1. The van der Waals surface area contributed by atoms with Crippen LogP contribution in [0.3, 0.4) is 0 Å². The van der Waals surface area contributed by atoms with E-state index in [9.17, 15) is 14.4 Å². The summed E-state index contributed by atoms with van der Waals surface area (Å²) in [5, 5.41) is 0. The molecule has 2 atom stereocenters. The van der Waals surface area contributed by atoms with Gasteiger partial charge in [-0.2, -0.15) is 0 Å². The molecule has 0 aromatic carbocycles. The Morgan fingerprint density at radius 1 is 0.603 bits per heavy atom. The maximum Gasteiger partial charge on any atom is 0.508 e. The van der Waals surface area contributed by atoms with Crippen LogP contribution in [-0.4, -0.2) is 88.6 Å². The Balaban J connectivity index is 2.61. The highest BCUT2D eigenvalue weighted by atomic mass is 16.7. The molecule has 0 aromatic rings. The molecule has 0 saturated carbocycles. The van der Waals surface area contributed by atoms with Crippen molar-refractivity contribution < 1.29 is 42.8 Å². The number of allylic oxidation sites excluding steroid dienone is 4. The van der Waals surface area contributed by atoms with Gasteiger partial charge in [0.05, 0.1) is 18.9 Å². The summed E-state index contributed by atoms with van der Waals surface area (Å²) in [6.45, 7) is 12.1. The average Bonchev–Trinajstić information content (AvgIpc) is 3.29. The van der Waals surface area contributed by atoms with Crippen molar-refractivity contribution in [2.45, 2.75) is 201 Å². The summed E-state index contributed by atoms with van der Waals surface area (Å²) in [4.78, 5) is 40.7. The fourth-order valence-corrected chi connectivity index (χ4v) is 7.06. The standard InChI is InChI=1S/C53H89NO9/c1-5-9-12-15-18-19-20-21-22-23-24-25-26-29-32-37-50(55)60-45-49(47-63-53(57)62-44-48-36-35-40-54(8-4)43-48)46-61-51(56)38-39-52(58-41-33-30-27-16-13-10-6-2)59-42-34-31-28-17-14-11-7-3/h18-19,21-22,48-49,52H,5-17,20,23-29,32,35-47H2,1-4H3/b19-18-,22-21-. The Morgan fingerprint density at radius 3 is 1.76 bits per heavy atom. The molecule has 1 aliphatic rings. The maximum atomic E-state index is 13.0. The molecule has 360 valence electrons. The molecule has 0 N–H and O–H groups in total. The molecule has 0 radical (unpaired) electrons. The topological polar surface area (TPSA) is 110 Å². The molecule has 1 aliphatic heterocycles. The predicted octanol–water partition coefficient (Wildman–Crippen LogP) is 12.5. The summed E-state index contributed by atoms with van der Waals surface area (Å²) in [7, 11) is 0. The second kappa shape index (κ2) is 43.9. The Morgan fingerprint density at radius 2 is 1.14 bits per heavy atom. The van der Waals surface area contributed by atoms with E-state index in [0.29, 0.717) is 6.42 Å². The van der Waals surface area contributed by atoms with Gasteiger partial charge in [0.2, 0.25) is 0 Å². The van der Waals surface area contributed by atoms with Crippen molar-refractivity contribution in [3.63, 3.8) is 0 Å². The number of esters is 2. The normalized spacial score (nSPS) is 14.6. The van der Waals surface area contributed by atoms with Crippen molar-refractivity contribution >= 4 is 18.1 Å². The van der Waals surface area contributed by atoms with Gasteiger partial charge in [0, 0.05) is 38.1 Å². The number of piperidine rings is 1. The van der Waals surface area contributed by atoms with Crippen molar-refractivity contribution in [3.05, 3.63) is 24.3 Å². The number of carbonyl (C=O) groups excluding carboxylic acids is 3. The molecule has 0 aliphatic carbocycles. The number of hydrogen-bond acceptors (Lipinski definition) is 10. The van der Waals surface area contributed by atoms with Gasteiger partial charge in [-0.25, -0.2) is 4.79 Å². The number of hydrogen-bond donors (Lipinski definition) is 0. The highest BCUT2D eigenvalue weighted by molar-refractivity contribution is 5.69. The zero-order valence-electron chi connectivity index (χ0n) is 40.4. The van der Waals surface area contributed by atoms with Gasteiger partial charge in [-0.3, -0.25) is 9.59 Å². The van der Waals surface area contributed by atoms with E-state index in [0.717, 1.165) is 103 Å². The zero-order valence-corrected chi connectivity index (χ0v) is 40.4. The first-order valence-corrected chi connectivity index (χ1v) is 25.2. The molecule has 0 spiro atoms. The maximum absolute atomic E-state index is 13.0. The Bertz CT molecular complexity index is 1270. The highest BCUT2D eigenvalue weighted by Crippen LogP contribution is 2.17. The van der Waals surface area contributed by atoms with Gasteiger partial charge in [0.25, 0.3) is 0 Å². The van der Waals surface area contributed by atoms with E-state index < -0.39 is 24.3 Å². The minimum atomic E-state index is -0.776. The lowest BCUT2D eigenvalue weighted by molar-refractivity contribution is -0.155. The highest BCUT2D eigenvalue weighted by Gasteiger charge is 2.22. The Labute approximate surface area is 384 Å². The first kappa shape index (κ1) is 57.7. The lowest BCUT2D eigenvalue weighted by Gasteiger charge is -2.31. The monoisotopic (exact) mass is 884 g/mol. The predicted molar refractivity (Wildman–Crippen MR) is 255 cm³/mol. The van der Waals surface area contributed by atoms with Crippen molar-refractivity contribution in [2.75, 3.05) is 59.3 Å². The van der Waals surface area contributed by atoms with Gasteiger partial charge in [-0.05, 0) is 77.3 Å². The average molecular weight is 884 g/mol. The summed E-state index contributed by atoms with van der Waals surface area (Å²) in [5.74, 6) is 11.4. The molecule has 10 nitrogen and oxygen atoms in total. The fourth-order valence-electron chi connectivity index (χ4n) is 7.06. The first-order chi connectivity index (χ1) is 30.9. The molecule has 1 fully saturated rings. The molecule has 1 heterocycles. The van der Waals surface area contributed by atoms with Crippen LogP contribution >= 0.6 is 0 Å². The summed E-state index contributed by atoms with van der Waals surface area (Å²) in [5.41, 5.74) is 0. The molecule has 1 saturated heterocycles. The van der Waals surface area contributed by atoms with Gasteiger partial charge in [0.1, 0.15) is 33.0 Å². The van der Waals surface area contributed by atoms with Gasteiger partial charge < -0.3 is 33.3 Å². The van der Waals surface area contributed by atoms with E-state index >= 15 is 0 Å². The molecular weight excluding hydrogens is 795 g/mol. The van der Waals surface area contributed by atoms with Gasteiger partial charge in [-0.15, -0.1) is 11.8 Å². The summed E-state index contributed by atoms with van der Waals surface area (Å²) in [6, 6.07) is 0. The van der Waals surface area contributed by atoms with Crippen molar-refractivity contribution in [1.82, 2.24) is 4.90 Å². The van der Waals surface area contributed by atoms with E-state index in [4.69, 9.17) is 28.4 Å². The number of ether oxygens (including phenoxy) is 6. The Hall–Kier alpha value is -3.31. The zero-order chi connectivity index (χ0) is 45.7. The lowest BCUT2D eigenvalue weighted by Crippen LogP contribution is -2.37. The SMILES string of the molecule is CCCCC/C=C\C/C=C\CCCCCCCC(=O)OCC(COC(=O)CCC(OCC#CCCCCCC)OCC#CCCCCCC)COC(=O)OCC1CCCN(CC)C1. The molecule has 0 bridgehead atoms. The quantitative estimate of drug-likeness (QED) is 0.0148. The van der Waals surface area contributed by atoms with Crippen LogP contribution in [-0.2, 0) is 38.0 Å². The lowest BCUT2D eigenvalue weighted by atomic mass is 9.99. The minimum absolute atomic E-state index is 0.0396. The molecule has 0 aromatic heterocycles. The van der Waals surface area contributed by atoms with E-state index in [1.807, 2.05) is 0 Å². The third kappa shape index (κ3) is 37.7. The summed E-state index contributed by atoms with van der Waals surface area (Å²) >= 11 is 0. The van der Waals surface area contributed by atoms with E-state index in [1.54, 1.807) is 0 Å². The molecular formula is C53H89NO9. The Kier molecular flexibility index (Phi) is 40.2. The van der Waals surface area contributed by atoms with Gasteiger partial charge in [-0.1, -0.05) is 134 Å².